The molecule has 1 N–H and O–H groups in total. The lowest BCUT2D eigenvalue weighted by Crippen LogP contribution is -2.43. The predicted molar refractivity (Wildman–Crippen MR) is 100 cm³/mol. The summed E-state index contributed by atoms with van der Waals surface area (Å²) in [6.07, 6.45) is 5.88. The Bertz CT molecular complexity index is 785. The Morgan fingerprint density at radius 3 is 2.56 bits per heavy atom. The maximum absolute atomic E-state index is 11.1. The standard InChI is InChI=1S/C20H24ClN3O/c1-14-22-18-9-5-2-6-15(18)19(23-14)24-12-10-20(25,11-13-24)16-7-3-4-8-17(16)21/h3-4,7-8,25H,2,5-6,9-13H2,1H3. The zero-order valence-corrected chi connectivity index (χ0v) is 15.4. The summed E-state index contributed by atoms with van der Waals surface area (Å²) in [5, 5.41) is 11.8. The molecule has 25 heavy (non-hydrogen) atoms. The molecule has 2 aromatic rings. The van der Waals surface area contributed by atoms with Gasteiger partial charge >= 0.3 is 0 Å². The molecule has 0 atom stereocenters. The molecule has 4 nitrogen and oxygen atoms in total. The van der Waals surface area contributed by atoms with E-state index >= 15 is 0 Å². The molecule has 1 saturated heterocycles. The molecule has 0 spiro atoms. The number of aliphatic hydroxyl groups is 1. The maximum atomic E-state index is 11.1. The van der Waals surface area contributed by atoms with E-state index in [-0.39, 0.29) is 0 Å². The minimum atomic E-state index is -0.850. The van der Waals surface area contributed by atoms with Gasteiger partial charge in [0.05, 0.1) is 5.60 Å². The van der Waals surface area contributed by atoms with Crippen LogP contribution in [0.4, 0.5) is 5.82 Å². The summed E-state index contributed by atoms with van der Waals surface area (Å²) in [4.78, 5) is 11.7. The predicted octanol–water partition coefficient (Wildman–Crippen LogP) is 3.81. The molecule has 4 rings (SSSR count). The summed E-state index contributed by atoms with van der Waals surface area (Å²) in [7, 11) is 0. The van der Waals surface area contributed by atoms with Crippen LogP contribution in [0.25, 0.3) is 0 Å². The van der Waals surface area contributed by atoms with Crippen LogP contribution in [0, 0.1) is 6.92 Å². The van der Waals surface area contributed by atoms with Crippen LogP contribution in [0.2, 0.25) is 5.02 Å². The van der Waals surface area contributed by atoms with E-state index in [1.807, 2.05) is 31.2 Å². The molecule has 2 aliphatic rings. The molecule has 1 aliphatic carbocycles. The third-order valence-electron chi connectivity index (χ3n) is 5.54. The minimum absolute atomic E-state index is 0.647. The molecule has 0 radical (unpaired) electrons. The van der Waals surface area contributed by atoms with Crippen molar-refractivity contribution >= 4 is 17.4 Å². The van der Waals surface area contributed by atoms with Gasteiger partial charge in [-0.25, -0.2) is 9.97 Å². The second-order valence-corrected chi connectivity index (χ2v) is 7.63. The van der Waals surface area contributed by atoms with Gasteiger partial charge in [0.1, 0.15) is 11.6 Å². The highest BCUT2D eigenvalue weighted by Gasteiger charge is 2.36. The first-order valence-corrected chi connectivity index (χ1v) is 9.53. The van der Waals surface area contributed by atoms with Gasteiger partial charge in [0.15, 0.2) is 0 Å². The summed E-state index contributed by atoms with van der Waals surface area (Å²) in [6.45, 7) is 3.54. The second-order valence-electron chi connectivity index (χ2n) is 7.23. The lowest BCUT2D eigenvalue weighted by molar-refractivity contribution is 0.0117. The van der Waals surface area contributed by atoms with Crippen LogP contribution in [0.1, 0.15) is 48.3 Å². The summed E-state index contributed by atoms with van der Waals surface area (Å²) in [5.41, 5.74) is 2.54. The number of fused-ring (bicyclic) bond motifs is 1. The number of anilines is 1. The van der Waals surface area contributed by atoms with Crippen LogP contribution in [0.3, 0.4) is 0 Å². The van der Waals surface area contributed by atoms with E-state index in [0.717, 1.165) is 43.1 Å². The van der Waals surface area contributed by atoms with Crippen LogP contribution in [0.5, 0.6) is 0 Å². The number of hydrogen-bond acceptors (Lipinski definition) is 4. The molecule has 0 bridgehead atoms. The summed E-state index contributed by atoms with van der Waals surface area (Å²) >= 11 is 6.32. The van der Waals surface area contributed by atoms with Gasteiger partial charge < -0.3 is 10.0 Å². The molecular weight excluding hydrogens is 334 g/mol. The highest BCUT2D eigenvalue weighted by atomic mass is 35.5. The van der Waals surface area contributed by atoms with Gasteiger partial charge in [-0.3, -0.25) is 0 Å². The number of rotatable bonds is 2. The number of piperidine rings is 1. The van der Waals surface area contributed by atoms with E-state index in [4.69, 9.17) is 16.6 Å². The van der Waals surface area contributed by atoms with Crippen LogP contribution in [0.15, 0.2) is 24.3 Å². The quantitative estimate of drug-likeness (QED) is 0.888. The summed E-state index contributed by atoms with van der Waals surface area (Å²) in [6, 6.07) is 7.63. The van der Waals surface area contributed by atoms with Gasteiger partial charge in [0, 0.05) is 34.9 Å². The molecule has 0 saturated carbocycles. The number of aromatic nitrogens is 2. The third-order valence-corrected chi connectivity index (χ3v) is 5.87. The van der Waals surface area contributed by atoms with Crippen molar-refractivity contribution in [1.82, 2.24) is 9.97 Å². The molecular formula is C20H24ClN3O. The van der Waals surface area contributed by atoms with E-state index < -0.39 is 5.60 Å². The van der Waals surface area contributed by atoms with E-state index in [9.17, 15) is 5.11 Å². The fourth-order valence-corrected chi connectivity index (χ4v) is 4.46. The molecule has 132 valence electrons. The molecule has 2 heterocycles. The zero-order chi connectivity index (χ0) is 17.4. The minimum Gasteiger partial charge on any atom is -0.385 e. The number of nitrogens with zero attached hydrogens (tertiary/aromatic N) is 3. The van der Waals surface area contributed by atoms with Crippen molar-refractivity contribution in [2.45, 2.75) is 51.0 Å². The van der Waals surface area contributed by atoms with E-state index in [2.05, 4.69) is 9.88 Å². The normalized spacial score (nSPS) is 19.6. The first-order valence-electron chi connectivity index (χ1n) is 9.15. The highest BCUT2D eigenvalue weighted by Crippen LogP contribution is 2.38. The fourth-order valence-electron chi connectivity index (χ4n) is 4.15. The van der Waals surface area contributed by atoms with Crippen molar-refractivity contribution in [3.63, 3.8) is 0 Å². The average molecular weight is 358 g/mol. The first-order chi connectivity index (χ1) is 12.1. The van der Waals surface area contributed by atoms with E-state index in [1.165, 1.54) is 24.1 Å². The maximum Gasteiger partial charge on any atom is 0.135 e. The molecule has 1 aliphatic heterocycles. The van der Waals surface area contributed by atoms with Crippen LogP contribution in [-0.2, 0) is 18.4 Å². The van der Waals surface area contributed by atoms with Crippen molar-refractivity contribution < 1.29 is 5.11 Å². The molecule has 1 aromatic heterocycles. The lowest BCUT2D eigenvalue weighted by atomic mass is 9.84. The van der Waals surface area contributed by atoms with Crippen molar-refractivity contribution in [1.29, 1.82) is 0 Å². The second kappa shape index (κ2) is 6.58. The van der Waals surface area contributed by atoms with Gasteiger partial charge in [-0.15, -0.1) is 0 Å². The van der Waals surface area contributed by atoms with Crippen molar-refractivity contribution in [2.24, 2.45) is 0 Å². The first kappa shape index (κ1) is 16.8. The monoisotopic (exact) mass is 357 g/mol. The Morgan fingerprint density at radius 2 is 1.80 bits per heavy atom. The Morgan fingerprint density at radius 1 is 1.08 bits per heavy atom. The molecule has 1 aromatic carbocycles. The van der Waals surface area contributed by atoms with Gasteiger partial charge in [0.25, 0.3) is 0 Å². The molecule has 1 fully saturated rings. The number of benzene rings is 1. The lowest BCUT2D eigenvalue weighted by Gasteiger charge is -2.40. The average Bonchev–Trinajstić information content (AvgIpc) is 2.62. The van der Waals surface area contributed by atoms with Crippen LogP contribution in [-0.4, -0.2) is 28.2 Å². The van der Waals surface area contributed by atoms with Gasteiger partial charge in [-0.05, 0) is 51.5 Å². The van der Waals surface area contributed by atoms with Gasteiger partial charge in [-0.1, -0.05) is 29.8 Å². The van der Waals surface area contributed by atoms with Gasteiger partial charge in [-0.2, -0.15) is 0 Å². The van der Waals surface area contributed by atoms with E-state index in [0.29, 0.717) is 17.9 Å². The Labute approximate surface area is 153 Å². The molecule has 0 unspecified atom stereocenters. The number of halogens is 1. The van der Waals surface area contributed by atoms with Crippen molar-refractivity contribution in [3.05, 3.63) is 51.9 Å². The Kier molecular flexibility index (Phi) is 4.42. The zero-order valence-electron chi connectivity index (χ0n) is 14.6. The summed E-state index contributed by atoms with van der Waals surface area (Å²) < 4.78 is 0. The third kappa shape index (κ3) is 3.13. The SMILES string of the molecule is Cc1nc2c(c(N3CCC(O)(c4ccccc4Cl)CC3)n1)CCCC2. The topological polar surface area (TPSA) is 49.2 Å². The Balaban J connectivity index is 1.59. The van der Waals surface area contributed by atoms with Crippen molar-refractivity contribution in [3.8, 4) is 0 Å². The number of hydrogen-bond donors (Lipinski definition) is 1. The number of aryl methyl sites for hydroxylation is 2. The fraction of sp³-hybridized carbons (Fsp3) is 0.500. The summed E-state index contributed by atoms with van der Waals surface area (Å²) in [5.74, 6) is 1.94. The smallest absolute Gasteiger partial charge is 0.135 e. The van der Waals surface area contributed by atoms with Gasteiger partial charge in [0.2, 0.25) is 0 Å². The van der Waals surface area contributed by atoms with Crippen molar-refractivity contribution in [2.75, 3.05) is 18.0 Å². The largest absolute Gasteiger partial charge is 0.385 e. The van der Waals surface area contributed by atoms with Crippen LogP contribution >= 0.6 is 11.6 Å². The highest BCUT2D eigenvalue weighted by molar-refractivity contribution is 6.31. The van der Waals surface area contributed by atoms with Crippen LogP contribution < -0.4 is 4.90 Å². The molecule has 0 amide bonds. The molecule has 5 heteroatoms. The van der Waals surface area contributed by atoms with E-state index in [1.54, 1.807) is 0 Å². The Hall–Kier alpha value is -1.65.